The third-order valence-electron chi connectivity index (χ3n) is 3.08. The Balaban J connectivity index is 2.52. The van der Waals surface area contributed by atoms with Crippen molar-refractivity contribution in [1.29, 1.82) is 0 Å². The van der Waals surface area contributed by atoms with Crippen LogP contribution in [0.2, 0.25) is 0 Å². The van der Waals surface area contributed by atoms with Gasteiger partial charge in [0.15, 0.2) is 0 Å². The SMILES string of the molecule is CC(C)(CCNC(C)(C)C)Cc1ccccc1Br. The lowest BCUT2D eigenvalue weighted by Gasteiger charge is -2.28. The molecular weight excluding hydrogens is 286 g/mol. The van der Waals surface area contributed by atoms with E-state index in [2.05, 4.69) is 80.1 Å². The summed E-state index contributed by atoms with van der Waals surface area (Å²) in [7, 11) is 0. The van der Waals surface area contributed by atoms with Crippen LogP contribution in [0.5, 0.6) is 0 Å². The largest absolute Gasteiger partial charge is 0.312 e. The zero-order valence-corrected chi connectivity index (χ0v) is 13.9. The minimum absolute atomic E-state index is 0.212. The van der Waals surface area contributed by atoms with Crippen LogP contribution in [-0.2, 0) is 6.42 Å². The highest BCUT2D eigenvalue weighted by Crippen LogP contribution is 2.29. The van der Waals surface area contributed by atoms with Crippen LogP contribution in [0.15, 0.2) is 28.7 Å². The van der Waals surface area contributed by atoms with Gasteiger partial charge in [-0.05, 0) is 57.2 Å². The lowest BCUT2D eigenvalue weighted by Crippen LogP contribution is -2.38. The first-order chi connectivity index (χ1) is 8.20. The van der Waals surface area contributed by atoms with Crippen molar-refractivity contribution in [1.82, 2.24) is 5.32 Å². The van der Waals surface area contributed by atoms with Crippen molar-refractivity contribution >= 4 is 15.9 Å². The molecule has 0 radical (unpaired) electrons. The second kappa shape index (κ2) is 6.21. The molecule has 18 heavy (non-hydrogen) atoms. The lowest BCUT2D eigenvalue weighted by molar-refractivity contribution is 0.302. The molecule has 0 amide bonds. The van der Waals surface area contributed by atoms with Crippen LogP contribution in [0.1, 0.15) is 46.6 Å². The van der Waals surface area contributed by atoms with Gasteiger partial charge in [-0.15, -0.1) is 0 Å². The molecule has 1 aromatic carbocycles. The van der Waals surface area contributed by atoms with Crippen LogP contribution in [0.25, 0.3) is 0 Å². The van der Waals surface area contributed by atoms with Crippen molar-refractivity contribution in [2.75, 3.05) is 6.54 Å². The summed E-state index contributed by atoms with van der Waals surface area (Å²) < 4.78 is 1.22. The van der Waals surface area contributed by atoms with Gasteiger partial charge in [0, 0.05) is 10.0 Å². The maximum absolute atomic E-state index is 3.63. The predicted octanol–water partition coefficient (Wildman–Crippen LogP) is 4.80. The molecule has 0 aliphatic rings. The predicted molar refractivity (Wildman–Crippen MR) is 84.0 cm³/mol. The summed E-state index contributed by atoms with van der Waals surface area (Å²) in [6.45, 7) is 12.4. The maximum Gasteiger partial charge on any atom is 0.0207 e. The van der Waals surface area contributed by atoms with E-state index in [0.717, 1.165) is 13.0 Å². The summed E-state index contributed by atoms with van der Waals surface area (Å²) in [5.74, 6) is 0. The lowest BCUT2D eigenvalue weighted by atomic mass is 9.82. The third kappa shape index (κ3) is 6.01. The highest BCUT2D eigenvalue weighted by atomic mass is 79.9. The number of hydrogen-bond acceptors (Lipinski definition) is 1. The van der Waals surface area contributed by atoms with Crippen LogP contribution in [0, 0.1) is 5.41 Å². The van der Waals surface area contributed by atoms with Crippen molar-refractivity contribution in [2.24, 2.45) is 5.41 Å². The summed E-state index contributed by atoms with van der Waals surface area (Å²) in [6, 6.07) is 8.52. The van der Waals surface area contributed by atoms with Gasteiger partial charge in [-0.2, -0.15) is 0 Å². The van der Waals surface area contributed by atoms with Crippen LogP contribution >= 0.6 is 15.9 Å². The summed E-state index contributed by atoms with van der Waals surface area (Å²) in [6.07, 6.45) is 2.30. The third-order valence-corrected chi connectivity index (χ3v) is 3.86. The van der Waals surface area contributed by atoms with Gasteiger partial charge >= 0.3 is 0 Å². The summed E-state index contributed by atoms with van der Waals surface area (Å²) in [4.78, 5) is 0. The van der Waals surface area contributed by atoms with E-state index in [0.29, 0.717) is 5.41 Å². The molecule has 0 spiro atoms. The van der Waals surface area contributed by atoms with Crippen molar-refractivity contribution < 1.29 is 0 Å². The Morgan fingerprint density at radius 3 is 2.22 bits per heavy atom. The summed E-state index contributed by atoms with van der Waals surface area (Å²) in [5.41, 5.74) is 1.93. The molecule has 2 heteroatoms. The molecule has 0 aliphatic carbocycles. The smallest absolute Gasteiger partial charge is 0.0207 e. The maximum atomic E-state index is 3.63. The molecule has 0 atom stereocenters. The molecule has 1 rings (SSSR count). The van der Waals surface area contributed by atoms with E-state index in [1.807, 2.05) is 0 Å². The molecule has 1 N–H and O–H groups in total. The van der Waals surface area contributed by atoms with E-state index in [1.165, 1.54) is 16.5 Å². The van der Waals surface area contributed by atoms with Crippen molar-refractivity contribution in [3.05, 3.63) is 34.3 Å². The minimum Gasteiger partial charge on any atom is -0.312 e. The van der Waals surface area contributed by atoms with E-state index in [-0.39, 0.29) is 5.54 Å². The van der Waals surface area contributed by atoms with E-state index in [4.69, 9.17) is 0 Å². The van der Waals surface area contributed by atoms with Gasteiger partial charge < -0.3 is 5.32 Å². The van der Waals surface area contributed by atoms with Gasteiger partial charge in [0.1, 0.15) is 0 Å². The summed E-state index contributed by atoms with van der Waals surface area (Å²) in [5, 5.41) is 3.57. The van der Waals surface area contributed by atoms with Gasteiger partial charge in [-0.1, -0.05) is 48.0 Å². The Morgan fingerprint density at radius 1 is 1.06 bits per heavy atom. The number of benzene rings is 1. The molecule has 0 aliphatic heterocycles. The minimum atomic E-state index is 0.212. The molecule has 0 unspecified atom stereocenters. The molecule has 0 aromatic heterocycles. The molecule has 0 saturated carbocycles. The zero-order valence-electron chi connectivity index (χ0n) is 12.3. The van der Waals surface area contributed by atoms with E-state index in [9.17, 15) is 0 Å². The van der Waals surface area contributed by atoms with Gasteiger partial charge in [0.2, 0.25) is 0 Å². The number of halogens is 1. The zero-order chi connectivity index (χ0) is 13.8. The first kappa shape index (κ1) is 15.7. The first-order valence-corrected chi connectivity index (χ1v) is 7.47. The number of rotatable bonds is 5. The molecule has 0 bridgehead atoms. The summed E-state index contributed by atoms with van der Waals surface area (Å²) >= 11 is 3.63. The van der Waals surface area contributed by atoms with Crippen LogP contribution in [0.3, 0.4) is 0 Å². The fraction of sp³-hybridized carbons (Fsp3) is 0.625. The van der Waals surface area contributed by atoms with Gasteiger partial charge in [-0.3, -0.25) is 0 Å². The normalized spacial score (nSPS) is 12.8. The average molecular weight is 312 g/mol. The molecular formula is C16H26BrN. The molecule has 0 saturated heterocycles. The Kier molecular flexibility index (Phi) is 5.42. The van der Waals surface area contributed by atoms with Crippen LogP contribution < -0.4 is 5.32 Å². The van der Waals surface area contributed by atoms with Gasteiger partial charge in [-0.25, -0.2) is 0 Å². The fourth-order valence-electron chi connectivity index (χ4n) is 2.02. The molecule has 0 heterocycles. The average Bonchev–Trinajstić information content (AvgIpc) is 2.18. The van der Waals surface area contributed by atoms with Gasteiger partial charge in [0.25, 0.3) is 0 Å². The highest BCUT2D eigenvalue weighted by molar-refractivity contribution is 9.10. The van der Waals surface area contributed by atoms with Gasteiger partial charge in [0.05, 0.1) is 0 Å². The van der Waals surface area contributed by atoms with Crippen LogP contribution in [-0.4, -0.2) is 12.1 Å². The Labute approximate surface area is 120 Å². The Morgan fingerprint density at radius 2 is 1.67 bits per heavy atom. The van der Waals surface area contributed by atoms with E-state index >= 15 is 0 Å². The number of hydrogen-bond donors (Lipinski definition) is 1. The molecule has 0 fully saturated rings. The van der Waals surface area contributed by atoms with Crippen molar-refractivity contribution in [3.63, 3.8) is 0 Å². The highest BCUT2D eigenvalue weighted by Gasteiger charge is 2.20. The fourth-order valence-corrected chi connectivity index (χ4v) is 2.45. The Bertz CT molecular complexity index is 377. The Hall–Kier alpha value is -0.340. The topological polar surface area (TPSA) is 12.0 Å². The molecule has 1 aromatic rings. The van der Waals surface area contributed by atoms with Crippen LogP contribution in [0.4, 0.5) is 0 Å². The van der Waals surface area contributed by atoms with Crippen molar-refractivity contribution in [3.8, 4) is 0 Å². The second-order valence-corrected chi connectivity index (χ2v) is 7.71. The first-order valence-electron chi connectivity index (χ1n) is 6.68. The second-order valence-electron chi connectivity index (χ2n) is 6.86. The monoisotopic (exact) mass is 311 g/mol. The van der Waals surface area contributed by atoms with E-state index in [1.54, 1.807) is 0 Å². The van der Waals surface area contributed by atoms with Crippen molar-refractivity contribution in [2.45, 2.75) is 53.0 Å². The van der Waals surface area contributed by atoms with E-state index < -0.39 is 0 Å². The quantitative estimate of drug-likeness (QED) is 0.824. The molecule has 102 valence electrons. The standard InChI is InChI=1S/C16H26BrN/c1-15(2,3)18-11-10-16(4,5)12-13-8-6-7-9-14(13)17/h6-9,18H,10-12H2,1-5H3. The number of nitrogens with one attached hydrogen (secondary N) is 1. The molecule has 1 nitrogen and oxygen atoms in total.